The number of hydrogen-bond acceptors (Lipinski definition) is 3. The molecule has 0 bridgehead atoms. The highest BCUT2D eigenvalue weighted by Crippen LogP contribution is 2.36. The quantitative estimate of drug-likeness (QED) is 0.665. The fourth-order valence-corrected chi connectivity index (χ4v) is 1.75. The van der Waals surface area contributed by atoms with Gasteiger partial charge in [0.15, 0.2) is 0 Å². The molecule has 0 aromatic heterocycles. The minimum absolute atomic E-state index is 0.109. The first-order valence-corrected chi connectivity index (χ1v) is 4.94. The van der Waals surface area contributed by atoms with Crippen LogP contribution in [0.1, 0.15) is 39.5 Å². The smallest absolute Gasteiger partial charge is 0.311 e. The molecule has 3 nitrogen and oxygen atoms in total. The van der Waals surface area contributed by atoms with Gasteiger partial charge in [0.1, 0.15) is 0 Å². The van der Waals surface area contributed by atoms with E-state index in [9.17, 15) is 9.90 Å². The van der Waals surface area contributed by atoms with E-state index >= 15 is 0 Å². The van der Waals surface area contributed by atoms with E-state index in [0.29, 0.717) is 6.61 Å². The standard InChI is InChI=1S/C10H18O3/c1-3-13-9(12)10(2)6-4-8(11)5-7-10/h8,11H,3-7H2,1-2H3/t8-,10-. The van der Waals surface area contributed by atoms with E-state index in [1.165, 1.54) is 0 Å². The number of carbonyl (C=O) groups excluding carboxylic acids is 1. The summed E-state index contributed by atoms with van der Waals surface area (Å²) in [5.74, 6) is -0.109. The van der Waals surface area contributed by atoms with E-state index in [1.54, 1.807) is 0 Å². The van der Waals surface area contributed by atoms with Gasteiger partial charge in [0.25, 0.3) is 0 Å². The lowest BCUT2D eigenvalue weighted by atomic mass is 9.75. The SMILES string of the molecule is CCOC(=O)[C@]1(C)CC[C@@H](O)CC1. The van der Waals surface area contributed by atoms with Crippen LogP contribution in [0.3, 0.4) is 0 Å². The van der Waals surface area contributed by atoms with Crippen LogP contribution < -0.4 is 0 Å². The van der Waals surface area contributed by atoms with E-state index in [2.05, 4.69) is 0 Å². The van der Waals surface area contributed by atoms with E-state index in [-0.39, 0.29) is 17.5 Å². The van der Waals surface area contributed by atoms with E-state index in [4.69, 9.17) is 4.74 Å². The van der Waals surface area contributed by atoms with E-state index in [1.807, 2.05) is 13.8 Å². The third-order valence-electron chi connectivity index (χ3n) is 2.83. The molecule has 0 spiro atoms. The summed E-state index contributed by atoms with van der Waals surface area (Å²) in [7, 11) is 0. The first-order valence-electron chi connectivity index (χ1n) is 4.94. The lowest BCUT2D eigenvalue weighted by Gasteiger charge is -2.33. The van der Waals surface area contributed by atoms with Gasteiger partial charge in [0.05, 0.1) is 18.1 Å². The van der Waals surface area contributed by atoms with Crippen molar-refractivity contribution >= 4 is 5.97 Å². The average Bonchev–Trinajstić information content (AvgIpc) is 2.11. The Kier molecular flexibility index (Phi) is 3.31. The van der Waals surface area contributed by atoms with Crippen LogP contribution in [0.15, 0.2) is 0 Å². The Bertz CT molecular complexity index is 181. The summed E-state index contributed by atoms with van der Waals surface area (Å²) in [4.78, 5) is 11.5. The van der Waals surface area contributed by atoms with Gasteiger partial charge in [-0.15, -0.1) is 0 Å². The highest BCUT2D eigenvalue weighted by atomic mass is 16.5. The summed E-state index contributed by atoms with van der Waals surface area (Å²) in [6.07, 6.45) is 2.70. The normalized spacial score (nSPS) is 34.2. The lowest BCUT2D eigenvalue weighted by molar-refractivity contribution is -0.157. The van der Waals surface area contributed by atoms with Gasteiger partial charge < -0.3 is 9.84 Å². The van der Waals surface area contributed by atoms with Crippen molar-refractivity contribution in [3.05, 3.63) is 0 Å². The molecule has 1 aliphatic carbocycles. The van der Waals surface area contributed by atoms with E-state index < -0.39 is 0 Å². The molecule has 0 heterocycles. The molecule has 1 aliphatic rings. The zero-order valence-corrected chi connectivity index (χ0v) is 8.38. The minimum atomic E-state index is -0.352. The van der Waals surface area contributed by atoms with Crippen LogP contribution in [0.2, 0.25) is 0 Å². The number of carbonyl (C=O) groups is 1. The summed E-state index contributed by atoms with van der Waals surface area (Å²) in [6, 6.07) is 0. The maximum Gasteiger partial charge on any atom is 0.311 e. The van der Waals surface area contributed by atoms with Crippen molar-refractivity contribution in [2.45, 2.75) is 45.6 Å². The average molecular weight is 186 g/mol. The van der Waals surface area contributed by atoms with Gasteiger partial charge in [-0.25, -0.2) is 0 Å². The molecule has 1 fully saturated rings. The van der Waals surface area contributed by atoms with Crippen LogP contribution in [0.4, 0.5) is 0 Å². The van der Waals surface area contributed by atoms with Crippen LogP contribution >= 0.6 is 0 Å². The first-order chi connectivity index (χ1) is 6.08. The number of aliphatic hydroxyl groups excluding tert-OH is 1. The number of esters is 1. The minimum Gasteiger partial charge on any atom is -0.466 e. The predicted octanol–water partition coefficient (Wildman–Crippen LogP) is 1.49. The molecule has 0 aliphatic heterocycles. The molecular formula is C10H18O3. The number of rotatable bonds is 2. The van der Waals surface area contributed by atoms with Crippen LogP contribution in [-0.4, -0.2) is 23.8 Å². The molecule has 0 aromatic carbocycles. The van der Waals surface area contributed by atoms with Crippen LogP contribution in [-0.2, 0) is 9.53 Å². The van der Waals surface area contributed by atoms with Gasteiger partial charge in [-0.05, 0) is 39.5 Å². The Morgan fingerprint density at radius 2 is 2.08 bits per heavy atom. The fourth-order valence-electron chi connectivity index (χ4n) is 1.75. The van der Waals surface area contributed by atoms with Crippen molar-refractivity contribution in [2.24, 2.45) is 5.41 Å². The second-order valence-corrected chi connectivity index (χ2v) is 4.01. The van der Waals surface area contributed by atoms with Gasteiger partial charge in [-0.1, -0.05) is 0 Å². The van der Waals surface area contributed by atoms with Crippen molar-refractivity contribution in [3.8, 4) is 0 Å². The summed E-state index contributed by atoms with van der Waals surface area (Å²) in [5, 5.41) is 9.30. The Hall–Kier alpha value is -0.570. The zero-order chi connectivity index (χ0) is 9.90. The molecule has 0 unspecified atom stereocenters. The molecule has 0 aromatic rings. The highest BCUT2D eigenvalue weighted by molar-refractivity contribution is 5.76. The molecule has 1 rings (SSSR count). The van der Waals surface area contributed by atoms with Crippen molar-refractivity contribution in [3.63, 3.8) is 0 Å². The zero-order valence-electron chi connectivity index (χ0n) is 8.38. The molecule has 0 amide bonds. The van der Waals surface area contributed by atoms with Crippen molar-refractivity contribution in [1.82, 2.24) is 0 Å². The lowest BCUT2D eigenvalue weighted by Crippen LogP contribution is -2.35. The van der Waals surface area contributed by atoms with Gasteiger partial charge in [-0.3, -0.25) is 4.79 Å². The maximum atomic E-state index is 11.5. The topological polar surface area (TPSA) is 46.5 Å². The second kappa shape index (κ2) is 4.09. The molecule has 3 heteroatoms. The summed E-state index contributed by atoms with van der Waals surface area (Å²) < 4.78 is 5.00. The third-order valence-corrected chi connectivity index (χ3v) is 2.83. The fraction of sp³-hybridized carbons (Fsp3) is 0.900. The molecule has 13 heavy (non-hydrogen) atoms. The Balaban J connectivity index is 2.51. The molecule has 76 valence electrons. The molecule has 1 saturated carbocycles. The van der Waals surface area contributed by atoms with Crippen LogP contribution in [0.5, 0.6) is 0 Å². The van der Waals surface area contributed by atoms with Crippen LogP contribution in [0, 0.1) is 5.41 Å². The summed E-state index contributed by atoms with van der Waals surface area (Å²) in [6.45, 7) is 4.19. The number of aliphatic hydroxyl groups is 1. The van der Waals surface area contributed by atoms with Gasteiger partial charge in [-0.2, -0.15) is 0 Å². The van der Waals surface area contributed by atoms with Crippen molar-refractivity contribution in [2.75, 3.05) is 6.61 Å². The molecule has 0 atom stereocenters. The highest BCUT2D eigenvalue weighted by Gasteiger charge is 2.38. The van der Waals surface area contributed by atoms with Gasteiger partial charge in [0.2, 0.25) is 0 Å². The van der Waals surface area contributed by atoms with E-state index in [0.717, 1.165) is 25.7 Å². The summed E-state index contributed by atoms with van der Waals surface area (Å²) >= 11 is 0. The number of ether oxygens (including phenoxy) is 1. The third kappa shape index (κ3) is 2.44. The Morgan fingerprint density at radius 3 is 2.54 bits per heavy atom. The molecule has 0 saturated heterocycles. The van der Waals surface area contributed by atoms with Gasteiger partial charge >= 0.3 is 5.97 Å². The largest absolute Gasteiger partial charge is 0.466 e. The molecular weight excluding hydrogens is 168 g/mol. The predicted molar refractivity (Wildman–Crippen MR) is 49.2 cm³/mol. The van der Waals surface area contributed by atoms with Gasteiger partial charge in [0, 0.05) is 0 Å². The monoisotopic (exact) mass is 186 g/mol. The Morgan fingerprint density at radius 1 is 1.54 bits per heavy atom. The van der Waals surface area contributed by atoms with Crippen molar-refractivity contribution < 1.29 is 14.6 Å². The molecule has 1 N–H and O–H groups in total. The number of hydrogen-bond donors (Lipinski definition) is 1. The first kappa shape index (κ1) is 10.5. The van der Waals surface area contributed by atoms with Crippen molar-refractivity contribution in [1.29, 1.82) is 0 Å². The Labute approximate surface area is 79.1 Å². The van der Waals surface area contributed by atoms with Crippen LogP contribution in [0.25, 0.3) is 0 Å². The maximum absolute atomic E-state index is 11.5. The second-order valence-electron chi connectivity index (χ2n) is 4.01. The summed E-state index contributed by atoms with van der Waals surface area (Å²) in [5.41, 5.74) is -0.352. The molecule has 0 radical (unpaired) electrons.